The number of ether oxygens (including phenoxy) is 1. The molecule has 0 radical (unpaired) electrons. The van der Waals surface area contributed by atoms with Crippen LogP contribution in [-0.4, -0.2) is 32.5 Å². The number of hydrogen-bond acceptors (Lipinski definition) is 3. The van der Waals surface area contributed by atoms with Gasteiger partial charge in [-0.25, -0.2) is 4.79 Å². The van der Waals surface area contributed by atoms with Gasteiger partial charge in [-0.1, -0.05) is 47.5 Å². The lowest BCUT2D eigenvalue weighted by molar-refractivity contribution is 0.147. The molecule has 0 atom stereocenters. The van der Waals surface area contributed by atoms with Crippen molar-refractivity contribution >= 4 is 14.3 Å². The van der Waals surface area contributed by atoms with Crippen LogP contribution >= 0.6 is 0 Å². The van der Waals surface area contributed by atoms with Gasteiger partial charge < -0.3 is 9.30 Å². The second kappa shape index (κ2) is 7.97. The van der Waals surface area contributed by atoms with Crippen LogP contribution in [0.25, 0.3) is 0 Å². The number of nitriles is 1. The maximum Gasteiger partial charge on any atom is 0.402 e. The first kappa shape index (κ1) is 18.5. The molecule has 0 N–H and O–H groups in total. The van der Waals surface area contributed by atoms with Crippen LogP contribution in [0.1, 0.15) is 41.5 Å². The van der Waals surface area contributed by atoms with E-state index < -0.39 is 8.24 Å². The smallest absolute Gasteiger partial charge is 0.402 e. The Morgan fingerprint density at radius 2 is 1.60 bits per heavy atom. The number of hydrogen-bond donors (Lipinski definition) is 0. The van der Waals surface area contributed by atoms with Crippen molar-refractivity contribution in [2.24, 2.45) is 0 Å². The van der Waals surface area contributed by atoms with Gasteiger partial charge in [0, 0.05) is 5.92 Å². The molecule has 0 spiro atoms. The Balaban J connectivity index is 5.87. The highest BCUT2D eigenvalue weighted by molar-refractivity contribution is 6.82. The summed E-state index contributed by atoms with van der Waals surface area (Å²) in [6.45, 7) is 13.3. The van der Waals surface area contributed by atoms with Gasteiger partial charge in [0.1, 0.15) is 0 Å². The third kappa shape index (κ3) is 3.55. The highest BCUT2D eigenvalue weighted by atomic mass is 28.3. The molecule has 0 aliphatic rings. The maximum absolute atomic E-state index is 12.3. The highest BCUT2D eigenvalue weighted by Crippen LogP contribution is 2.44. The summed E-state index contributed by atoms with van der Waals surface area (Å²) in [6, 6.07) is 1.79. The van der Waals surface area contributed by atoms with Gasteiger partial charge in [0.25, 0.3) is 0 Å². The molecule has 0 heterocycles. The Kier molecular flexibility index (Phi) is 7.38. The molecule has 112 valence electrons. The van der Waals surface area contributed by atoms with Gasteiger partial charge in [0.2, 0.25) is 0 Å². The fourth-order valence-electron chi connectivity index (χ4n) is 3.56. The molecule has 0 saturated carbocycles. The Bertz CT molecular complexity index is 406. The van der Waals surface area contributed by atoms with E-state index in [9.17, 15) is 4.79 Å². The molecule has 0 aliphatic carbocycles. The molecular formula is C15H26N2O2Si. The van der Waals surface area contributed by atoms with Crippen LogP contribution in [0.4, 0.5) is 4.79 Å². The molecule has 0 rings (SSSR count). The predicted octanol–water partition coefficient (Wildman–Crippen LogP) is 3.76. The van der Waals surface area contributed by atoms with E-state index in [1.165, 1.54) is 7.11 Å². The van der Waals surface area contributed by atoms with Gasteiger partial charge in [-0.05, 0) is 16.6 Å². The van der Waals surface area contributed by atoms with E-state index in [1.54, 1.807) is 6.07 Å². The van der Waals surface area contributed by atoms with E-state index in [0.717, 1.165) is 0 Å². The zero-order valence-corrected chi connectivity index (χ0v) is 14.7. The molecule has 0 bridgehead atoms. The quantitative estimate of drug-likeness (QED) is 0.573. The lowest BCUT2D eigenvalue weighted by Crippen LogP contribution is -2.62. The molecule has 0 aromatic rings. The number of carbonyl (C=O) groups is 1. The second-order valence-electron chi connectivity index (χ2n) is 5.82. The van der Waals surface area contributed by atoms with Crippen molar-refractivity contribution < 1.29 is 9.53 Å². The van der Waals surface area contributed by atoms with Crippen LogP contribution in [0.3, 0.4) is 0 Å². The molecule has 0 aliphatic heterocycles. The van der Waals surface area contributed by atoms with Crippen LogP contribution in [0.15, 0.2) is 0 Å². The third-order valence-electron chi connectivity index (χ3n) is 4.02. The van der Waals surface area contributed by atoms with E-state index in [1.807, 2.05) is 4.57 Å². The van der Waals surface area contributed by atoms with E-state index >= 15 is 0 Å². The lowest BCUT2D eigenvalue weighted by atomic mass is 10.5. The SMILES string of the molecule is COC(=O)N(CC#CC#N)[Si](C(C)C)(C(C)C)C(C)C. The van der Waals surface area contributed by atoms with Crippen molar-refractivity contribution in [3.63, 3.8) is 0 Å². The summed E-state index contributed by atoms with van der Waals surface area (Å²) in [4.78, 5) is 12.3. The van der Waals surface area contributed by atoms with Crippen molar-refractivity contribution in [1.29, 1.82) is 5.26 Å². The first-order valence-electron chi connectivity index (χ1n) is 6.99. The van der Waals surface area contributed by atoms with Crippen molar-refractivity contribution in [2.75, 3.05) is 13.7 Å². The topological polar surface area (TPSA) is 53.3 Å². The normalized spacial score (nSPS) is 11.1. The van der Waals surface area contributed by atoms with Gasteiger partial charge in [-0.15, -0.1) is 0 Å². The average Bonchev–Trinajstić information content (AvgIpc) is 2.35. The summed E-state index contributed by atoms with van der Waals surface area (Å²) in [6.07, 6.45) is -0.333. The van der Waals surface area contributed by atoms with Gasteiger partial charge in [-0.2, -0.15) is 5.26 Å². The van der Waals surface area contributed by atoms with E-state index in [0.29, 0.717) is 16.6 Å². The zero-order chi connectivity index (χ0) is 15.9. The summed E-state index contributed by atoms with van der Waals surface area (Å²) >= 11 is 0. The molecule has 0 unspecified atom stereocenters. The zero-order valence-electron chi connectivity index (χ0n) is 13.7. The van der Waals surface area contributed by atoms with Crippen molar-refractivity contribution in [1.82, 2.24) is 4.57 Å². The van der Waals surface area contributed by atoms with Crippen LogP contribution in [0, 0.1) is 23.2 Å². The predicted molar refractivity (Wildman–Crippen MR) is 83.5 cm³/mol. The minimum Gasteiger partial charge on any atom is -0.453 e. The molecule has 4 nitrogen and oxygen atoms in total. The van der Waals surface area contributed by atoms with E-state index in [2.05, 4.69) is 53.4 Å². The van der Waals surface area contributed by atoms with Crippen molar-refractivity contribution in [3.8, 4) is 17.9 Å². The van der Waals surface area contributed by atoms with Crippen LogP contribution in [0.2, 0.25) is 16.6 Å². The maximum atomic E-state index is 12.3. The number of carbonyl (C=O) groups excluding carboxylic acids is 1. The van der Waals surface area contributed by atoms with Crippen LogP contribution in [0.5, 0.6) is 0 Å². The number of rotatable bonds is 5. The largest absolute Gasteiger partial charge is 0.453 e. The Morgan fingerprint density at radius 3 is 1.90 bits per heavy atom. The van der Waals surface area contributed by atoms with Crippen molar-refractivity contribution in [3.05, 3.63) is 0 Å². The number of nitrogens with zero attached hydrogens (tertiary/aromatic N) is 2. The fourth-order valence-corrected chi connectivity index (χ4v) is 10.2. The molecule has 0 aromatic heterocycles. The van der Waals surface area contributed by atoms with Gasteiger partial charge in [0.15, 0.2) is 14.3 Å². The Morgan fingerprint density at radius 1 is 1.15 bits per heavy atom. The summed E-state index contributed by atoms with van der Waals surface area (Å²) in [7, 11) is -0.748. The van der Waals surface area contributed by atoms with Gasteiger partial charge >= 0.3 is 6.09 Å². The number of amides is 1. The van der Waals surface area contributed by atoms with Crippen LogP contribution in [-0.2, 0) is 4.74 Å². The standard InChI is InChI=1S/C15H26N2O2Si/c1-12(2)20(13(3)4,14(5)6)17(15(18)19-7)11-9-8-10-16/h12-14H,11H2,1-7H3. The molecule has 0 aromatic carbocycles. The van der Waals surface area contributed by atoms with Gasteiger partial charge in [0.05, 0.1) is 13.7 Å². The molecule has 0 saturated heterocycles. The molecular weight excluding hydrogens is 268 g/mol. The minimum absolute atomic E-state index is 0.265. The second-order valence-corrected chi connectivity index (χ2v) is 11.6. The van der Waals surface area contributed by atoms with E-state index in [-0.39, 0.29) is 12.6 Å². The fraction of sp³-hybridized carbons (Fsp3) is 0.733. The summed E-state index contributed by atoms with van der Waals surface area (Å²) in [5.74, 6) is 5.14. The van der Waals surface area contributed by atoms with Crippen molar-refractivity contribution in [2.45, 2.75) is 58.2 Å². The minimum atomic E-state index is -2.14. The van der Waals surface area contributed by atoms with Crippen LogP contribution < -0.4 is 0 Å². The lowest BCUT2D eigenvalue weighted by Gasteiger charge is -2.49. The van der Waals surface area contributed by atoms with Gasteiger partial charge in [-0.3, -0.25) is 0 Å². The third-order valence-corrected chi connectivity index (χ3v) is 10.8. The average molecular weight is 294 g/mol. The summed E-state index contributed by atoms with van der Waals surface area (Å²) < 4.78 is 6.79. The Labute approximate surface area is 124 Å². The Hall–Kier alpha value is -1.46. The molecule has 1 amide bonds. The molecule has 5 heteroatoms. The first-order valence-corrected chi connectivity index (χ1v) is 9.17. The van der Waals surface area contributed by atoms with E-state index in [4.69, 9.17) is 10.00 Å². The highest BCUT2D eigenvalue weighted by Gasteiger charge is 2.50. The molecule has 20 heavy (non-hydrogen) atoms. The summed E-state index contributed by atoms with van der Waals surface area (Å²) in [5.41, 5.74) is 1.14. The number of methoxy groups -OCH3 is 1. The molecule has 0 fully saturated rings. The summed E-state index contributed by atoms with van der Waals surface area (Å²) in [5, 5.41) is 8.56. The monoisotopic (exact) mass is 294 g/mol. The first-order chi connectivity index (χ1) is 9.26.